The van der Waals surface area contributed by atoms with Crippen molar-refractivity contribution in [2.75, 3.05) is 13.7 Å². The van der Waals surface area contributed by atoms with E-state index in [2.05, 4.69) is 0 Å². The lowest BCUT2D eigenvalue weighted by atomic mass is 9.97. The molecule has 0 saturated heterocycles. The number of nitrogens with zero attached hydrogens (tertiary/aromatic N) is 1. The average molecular weight is 335 g/mol. The fraction of sp³-hybridized carbons (Fsp3) is 0.579. The predicted octanol–water partition coefficient (Wildman–Crippen LogP) is 3.30. The van der Waals surface area contributed by atoms with Crippen molar-refractivity contribution in [2.45, 2.75) is 59.0 Å². The Morgan fingerprint density at radius 1 is 1.12 bits per heavy atom. The van der Waals surface area contributed by atoms with Crippen LogP contribution in [0.1, 0.15) is 67.7 Å². The van der Waals surface area contributed by atoms with Gasteiger partial charge in [-0.05, 0) is 46.6 Å². The third kappa shape index (κ3) is 4.81. The van der Waals surface area contributed by atoms with E-state index in [9.17, 15) is 9.59 Å². The second kappa shape index (κ2) is 9.42. The van der Waals surface area contributed by atoms with Crippen LogP contribution in [0.25, 0.3) is 0 Å². The number of ketones is 1. The van der Waals surface area contributed by atoms with Gasteiger partial charge < -0.3 is 14.7 Å². The van der Waals surface area contributed by atoms with Gasteiger partial charge in [-0.2, -0.15) is 0 Å². The van der Waals surface area contributed by atoms with Crippen molar-refractivity contribution in [1.82, 2.24) is 4.90 Å². The first-order valence-corrected chi connectivity index (χ1v) is 8.48. The number of methoxy groups -OCH3 is 1. The molecule has 0 atom stereocenters. The number of aliphatic hydroxyl groups excluding tert-OH is 1. The SMILES string of the molecule is COc1cccc(C(=O)CCCCO)c1C(=O)N(C(C)C)C(C)C. The molecule has 1 N–H and O–H groups in total. The molecule has 0 saturated carbocycles. The van der Waals surface area contributed by atoms with E-state index in [4.69, 9.17) is 9.84 Å². The average Bonchev–Trinajstić information content (AvgIpc) is 2.53. The van der Waals surface area contributed by atoms with Crippen LogP contribution >= 0.6 is 0 Å². The lowest BCUT2D eigenvalue weighted by molar-refractivity contribution is 0.0636. The van der Waals surface area contributed by atoms with E-state index in [0.717, 1.165) is 0 Å². The predicted molar refractivity (Wildman–Crippen MR) is 94.7 cm³/mol. The number of hydrogen-bond donors (Lipinski definition) is 1. The molecule has 1 amide bonds. The van der Waals surface area contributed by atoms with E-state index in [0.29, 0.717) is 36.1 Å². The summed E-state index contributed by atoms with van der Waals surface area (Å²) in [5.74, 6) is 0.125. The lowest BCUT2D eigenvalue weighted by Crippen LogP contribution is -2.42. The van der Waals surface area contributed by atoms with Gasteiger partial charge in [0.25, 0.3) is 5.91 Å². The Labute approximate surface area is 144 Å². The minimum Gasteiger partial charge on any atom is -0.496 e. The molecule has 24 heavy (non-hydrogen) atoms. The number of carbonyl (C=O) groups excluding carboxylic acids is 2. The number of hydrogen-bond acceptors (Lipinski definition) is 4. The zero-order valence-corrected chi connectivity index (χ0v) is 15.3. The number of unbranched alkanes of at least 4 members (excludes halogenated alkanes) is 1. The van der Waals surface area contributed by atoms with Gasteiger partial charge in [0, 0.05) is 30.7 Å². The molecule has 1 aromatic rings. The van der Waals surface area contributed by atoms with Gasteiger partial charge in [0.15, 0.2) is 5.78 Å². The molecule has 5 heteroatoms. The number of benzene rings is 1. The summed E-state index contributed by atoms with van der Waals surface area (Å²) >= 11 is 0. The molecular formula is C19H29NO4. The second-order valence-electron chi connectivity index (χ2n) is 6.39. The quantitative estimate of drug-likeness (QED) is 0.555. The van der Waals surface area contributed by atoms with Crippen molar-refractivity contribution >= 4 is 11.7 Å². The fourth-order valence-corrected chi connectivity index (χ4v) is 2.88. The van der Waals surface area contributed by atoms with E-state index in [1.54, 1.807) is 23.1 Å². The van der Waals surface area contributed by atoms with Gasteiger partial charge in [0.2, 0.25) is 0 Å². The van der Waals surface area contributed by atoms with Crippen LogP contribution in [0.3, 0.4) is 0 Å². The molecule has 134 valence electrons. The molecule has 0 aromatic heterocycles. The molecule has 0 radical (unpaired) electrons. The summed E-state index contributed by atoms with van der Waals surface area (Å²) in [6.45, 7) is 7.88. The van der Waals surface area contributed by atoms with Crippen molar-refractivity contribution < 1.29 is 19.4 Å². The molecule has 0 aliphatic heterocycles. The second-order valence-corrected chi connectivity index (χ2v) is 6.39. The Kier molecular flexibility index (Phi) is 7.92. The number of aliphatic hydroxyl groups is 1. The molecule has 0 heterocycles. The summed E-state index contributed by atoms with van der Waals surface area (Å²) in [6, 6.07) is 5.13. The third-order valence-electron chi connectivity index (χ3n) is 3.92. The Bertz CT molecular complexity index is 558. The summed E-state index contributed by atoms with van der Waals surface area (Å²) < 4.78 is 5.35. The van der Waals surface area contributed by atoms with Crippen molar-refractivity contribution in [2.24, 2.45) is 0 Å². The summed E-state index contributed by atoms with van der Waals surface area (Å²) in [6.07, 6.45) is 1.47. The molecular weight excluding hydrogens is 306 g/mol. The Morgan fingerprint density at radius 2 is 1.75 bits per heavy atom. The van der Waals surface area contributed by atoms with Crippen LogP contribution in [0, 0.1) is 0 Å². The molecule has 0 aliphatic carbocycles. The van der Waals surface area contributed by atoms with Gasteiger partial charge in [0.05, 0.1) is 12.7 Å². The minimum absolute atomic E-state index is 0.0137. The number of Topliss-reactive ketones (excluding diaryl/α,β-unsaturated/α-hetero) is 1. The monoisotopic (exact) mass is 335 g/mol. The maximum atomic E-state index is 13.1. The topological polar surface area (TPSA) is 66.8 Å². The molecule has 0 bridgehead atoms. The van der Waals surface area contributed by atoms with Gasteiger partial charge in [-0.1, -0.05) is 12.1 Å². The van der Waals surface area contributed by atoms with E-state index in [1.165, 1.54) is 7.11 Å². The Hall–Kier alpha value is -1.88. The van der Waals surface area contributed by atoms with E-state index in [-0.39, 0.29) is 30.4 Å². The summed E-state index contributed by atoms with van der Waals surface area (Å²) in [5, 5.41) is 8.88. The van der Waals surface area contributed by atoms with Crippen LogP contribution in [0.5, 0.6) is 5.75 Å². The largest absolute Gasteiger partial charge is 0.496 e. The highest BCUT2D eigenvalue weighted by molar-refractivity contribution is 6.09. The highest BCUT2D eigenvalue weighted by atomic mass is 16.5. The highest BCUT2D eigenvalue weighted by Gasteiger charge is 2.28. The minimum atomic E-state index is -0.192. The van der Waals surface area contributed by atoms with E-state index < -0.39 is 0 Å². The third-order valence-corrected chi connectivity index (χ3v) is 3.92. The van der Waals surface area contributed by atoms with E-state index in [1.807, 2.05) is 27.7 Å². The van der Waals surface area contributed by atoms with Crippen LogP contribution in [-0.2, 0) is 0 Å². The first-order chi connectivity index (χ1) is 11.3. The number of ether oxygens (including phenoxy) is 1. The Morgan fingerprint density at radius 3 is 2.25 bits per heavy atom. The van der Waals surface area contributed by atoms with Gasteiger partial charge in [0.1, 0.15) is 5.75 Å². The maximum Gasteiger partial charge on any atom is 0.258 e. The highest BCUT2D eigenvalue weighted by Crippen LogP contribution is 2.27. The van der Waals surface area contributed by atoms with Crippen molar-refractivity contribution in [3.05, 3.63) is 29.3 Å². The zero-order valence-electron chi connectivity index (χ0n) is 15.3. The van der Waals surface area contributed by atoms with Gasteiger partial charge in [-0.25, -0.2) is 0 Å². The molecule has 0 unspecified atom stereocenters. The first kappa shape index (κ1) is 20.2. The van der Waals surface area contributed by atoms with Crippen LogP contribution < -0.4 is 4.74 Å². The van der Waals surface area contributed by atoms with Crippen molar-refractivity contribution in [3.8, 4) is 5.75 Å². The van der Waals surface area contributed by atoms with E-state index >= 15 is 0 Å². The molecule has 1 aromatic carbocycles. The molecule has 0 aliphatic rings. The van der Waals surface area contributed by atoms with Crippen LogP contribution in [0.4, 0.5) is 0 Å². The number of amides is 1. The number of rotatable bonds is 9. The molecule has 0 fully saturated rings. The summed E-state index contributed by atoms with van der Waals surface area (Å²) in [4.78, 5) is 27.4. The normalized spacial score (nSPS) is 11.0. The lowest BCUT2D eigenvalue weighted by Gasteiger charge is -2.31. The van der Waals surface area contributed by atoms with Gasteiger partial charge in [-0.15, -0.1) is 0 Å². The molecule has 0 spiro atoms. The van der Waals surface area contributed by atoms with Crippen molar-refractivity contribution in [1.29, 1.82) is 0 Å². The first-order valence-electron chi connectivity index (χ1n) is 8.48. The van der Waals surface area contributed by atoms with Gasteiger partial charge >= 0.3 is 0 Å². The summed E-state index contributed by atoms with van der Waals surface area (Å²) in [5.41, 5.74) is 0.722. The number of carbonyl (C=O) groups is 2. The van der Waals surface area contributed by atoms with Crippen molar-refractivity contribution in [3.63, 3.8) is 0 Å². The molecule has 1 rings (SSSR count). The maximum absolute atomic E-state index is 13.1. The van der Waals surface area contributed by atoms with Crippen LogP contribution in [-0.4, -0.2) is 47.5 Å². The van der Waals surface area contributed by atoms with Crippen LogP contribution in [0.2, 0.25) is 0 Å². The van der Waals surface area contributed by atoms with Crippen LogP contribution in [0.15, 0.2) is 18.2 Å². The smallest absolute Gasteiger partial charge is 0.258 e. The summed E-state index contributed by atoms with van der Waals surface area (Å²) in [7, 11) is 1.50. The fourth-order valence-electron chi connectivity index (χ4n) is 2.88. The standard InChI is InChI=1S/C19H29NO4/c1-13(2)20(14(3)4)19(23)18-15(9-8-11-17(18)24-5)16(22)10-6-7-12-21/h8-9,11,13-14,21H,6-7,10,12H2,1-5H3. The molecule has 5 nitrogen and oxygen atoms in total. The Balaban J connectivity index is 3.28. The van der Waals surface area contributed by atoms with Gasteiger partial charge in [-0.3, -0.25) is 9.59 Å². The zero-order chi connectivity index (χ0) is 18.3.